The summed E-state index contributed by atoms with van der Waals surface area (Å²) in [6.45, 7) is 1.28. The molecule has 0 radical (unpaired) electrons. The van der Waals surface area contributed by atoms with E-state index in [2.05, 4.69) is 15.6 Å². The molecule has 0 aliphatic rings. The lowest BCUT2D eigenvalue weighted by atomic mass is 10.0. The maximum Gasteiger partial charge on any atom is 0.328 e. The Morgan fingerprint density at radius 2 is 1.73 bits per heavy atom. The van der Waals surface area contributed by atoms with Gasteiger partial charge in [-0.15, -0.1) is 0 Å². The van der Waals surface area contributed by atoms with Crippen LogP contribution in [0.25, 0.3) is 0 Å². The van der Waals surface area contributed by atoms with Crippen molar-refractivity contribution in [2.75, 3.05) is 14.2 Å². The summed E-state index contributed by atoms with van der Waals surface area (Å²) in [4.78, 5) is 40.8. The molecule has 2 N–H and O–H groups in total. The molecule has 0 aliphatic carbocycles. The van der Waals surface area contributed by atoms with Gasteiger partial charge < -0.3 is 20.1 Å². The quantitative estimate of drug-likeness (QED) is 0.594. The highest BCUT2D eigenvalue weighted by atomic mass is 19.1. The van der Waals surface area contributed by atoms with Crippen molar-refractivity contribution in [2.45, 2.75) is 31.8 Å². The topological polar surface area (TPSA) is 107 Å². The molecule has 1 aromatic heterocycles. The van der Waals surface area contributed by atoms with E-state index in [0.29, 0.717) is 17.0 Å². The van der Waals surface area contributed by atoms with Gasteiger partial charge in [-0.2, -0.15) is 0 Å². The molecule has 0 aliphatic heterocycles. The van der Waals surface area contributed by atoms with Gasteiger partial charge in [-0.05, 0) is 23.8 Å². The lowest BCUT2D eigenvalue weighted by Gasteiger charge is -2.22. The number of hydrogen-bond acceptors (Lipinski definition) is 6. The second-order valence-corrected chi connectivity index (χ2v) is 6.54. The molecule has 2 atom stereocenters. The van der Waals surface area contributed by atoms with Gasteiger partial charge in [0.05, 0.1) is 14.2 Å². The monoisotopic (exact) mass is 417 g/mol. The van der Waals surface area contributed by atoms with Crippen LogP contribution in [-0.2, 0) is 32.0 Å². The van der Waals surface area contributed by atoms with Crippen LogP contribution in [0.15, 0.2) is 42.6 Å². The number of aromatic nitrogens is 1. The normalized spacial score (nSPS) is 12.4. The molecular formula is C21H24FN3O5. The van der Waals surface area contributed by atoms with Crippen molar-refractivity contribution in [3.8, 4) is 5.88 Å². The lowest BCUT2D eigenvalue weighted by Crippen LogP contribution is -2.53. The van der Waals surface area contributed by atoms with Crippen LogP contribution in [0, 0.1) is 5.82 Å². The Kier molecular flexibility index (Phi) is 8.28. The molecule has 30 heavy (non-hydrogen) atoms. The van der Waals surface area contributed by atoms with E-state index in [1.165, 1.54) is 45.4 Å². The van der Waals surface area contributed by atoms with Gasteiger partial charge >= 0.3 is 5.97 Å². The van der Waals surface area contributed by atoms with E-state index >= 15 is 0 Å². The third-order valence-corrected chi connectivity index (χ3v) is 4.32. The number of methoxy groups -OCH3 is 2. The number of benzene rings is 1. The zero-order valence-corrected chi connectivity index (χ0v) is 17.0. The molecule has 2 aromatic rings. The minimum Gasteiger partial charge on any atom is -0.481 e. The van der Waals surface area contributed by atoms with Gasteiger partial charge in [-0.1, -0.05) is 18.2 Å². The minimum atomic E-state index is -1.02. The van der Waals surface area contributed by atoms with Crippen LogP contribution in [0.2, 0.25) is 0 Å². The van der Waals surface area contributed by atoms with E-state index in [1.807, 2.05) is 0 Å². The highest BCUT2D eigenvalue weighted by molar-refractivity contribution is 5.90. The maximum atomic E-state index is 13.1. The van der Waals surface area contributed by atoms with Crippen LogP contribution in [0.1, 0.15) is 18.1 Å². The number of nitrogens with one attached hydrogen (secondary N) is 2. The third-order valence-electron chi connectivity index (χ3n) is 4.32. The first-order valence-corrected chi connectivity index (χ1v) is 9.21. The van der Waals surface area contributed by atoms with Crippen LogP contribution < -0.4 is 15.4 Å². The number of nitrogens with zero attached hydrogens (tertiary/aromatic N) is 1. The summed E-state index contributed by atoms with van der Waals surface area (Å²) in [5.74, 6) is -1.73. The number of halogens is 1. The van der Waals surface area contributed by atoms with Gasteiger partial charge in [0, 0.05) is 31.5 Å². The third kappa shape index (κ3) is 6.54. The van der Waals surface area contributed by atoms with E-state index in [9.17, 15) is 18.8 Å². The number of carbonyl (C=O) groups is 3. The second kappa shape index (κ2) is 10.9. The van der Waals surface area contributed by atoms with Crippen LogP contribution in [-0.4, -0.2) is 49.1 Å². The number of rotatable bonds is 9. The highest BCUT2D eigenvalue weighted by Gasteiger charge is 2.28. The van der Waals surface area contributed by atoms with Crippen molar-refractivity contribution in [1.82, 2.24) is 15.6 Å². The smallest absolute Gasteiger partial charge is 0.328 e. The van der Waals surface area contributed by atoms with Gasteiger partial charge in [-0.3, -0.25) is 9.59 Å². The molecule has 0 saturated carbocycles. The van der Waals surface area contributed by atoms with Gasteiger partial charge in [0.25, 0.3) is 0 Å². The predicted molar refractivity (Wildman–Crippen MR) is 106 cm³/mol. The summed E-state index contributed by atoms with van der Waals surface area (Å²) in [6, 6.07) is 7.00. The first-order chi connectivity index (χ1) is 14.3. The Bertz CT molecular complexity index is 888. The summed E-state index contributed by atoms with van der Waals surface area (Å²) in [7, 11) is 2.67. The van der Waals surface area contributed by atoms with E-state index < -0.39 is 35.7 Å². The summed E-state index contributed by atoms with van der Waals surface area (Å²) >= 11 is 0. The van der Waals surface area contributed by atoms with Crippen LogP contribution >= 0.6 is 0 Å². The summed E-state index contributed by atoms with van der Waals surface area (Å²) in [6.07, 6.45) is 1.75. The van der Waals surface area contributed by atoms with Gasteiger partial charge in [-0.25, -0.2) is 14.2 Å². The Labute approximate surface area is 173 Å². The summed E-state index contributed by atoms with van der Waals surface area (Å²) in [5.41, 5.74) is 1.25. The van der Waals surface area contributed by atoms with Crippen molar-refractivity contribution in [3.63, 3.8) is 0 Å². The molecule has 1 heterocycles. The van der Waals surface area contributed by atoms with Gasteiger partial charge in [0.1, 0.15) is 17.9 Å². The Hall–Kier alpha value is -3.49. The fourth-order valence-electron chi connectivity index (χ4n) is 2.90. The average molecular weight is 417 g/mol. The van der Waals surface area contributed by atoms with E-state index in [4.69, 9.17) is 9.47 Å². The first kappa shape index (κ1) is 22.8. The molecule has 0 unspecified atom stereocenters. The molecule has 0 saturated heterocycles. The second-order valence-electron chi connectivity index (χ2n) is 6.54. The number of carbonyl (C=O) groups excluding carboxylic acids is 3. The Morgan fingerprint density at radius 3 is 2.33 bits per heavy atom. The number of esters is 1. The molecule has 0 fully saturated rings. The highest BCUT2D eigenvalue weighted by Crippen LogP contribution is 2.16. The standard InChI is InChI=1S/C21H24FN3O5/c1-13(26)24-17(11-14-6-8-16(22)9-7-14)19(27)25-18(21(28)30-3)12-15-5-4-10-23-20(15)29-2/h4-10,17-18H,11-12H2,1-3H3,(H,24,26)(H,25,27)/t17-,18+/m1/s1. The number of amides is 2. The molecule has 160 valence electrons. The summed E-state index contributed by atoms with van der Waals surface area (Å²) < 4.78 is 23.1. The zero-order valence-electron chi connectivity index (χ0n) is 17.0. The number of hydrogen-bond donors (Lipinski definition) is 2. The minimum absolute atomic E-state index is 0.0821. The van der Waals surface area contributed by atoms with Crippen molar-refractivity contribution in [3.05, 3.63) is 59.5 Å². The number of ether oxygens (including phenoxy) is 2. The van der Waals surface area contributed by atoms with E-state index in [-0.39, 0.29) is 12.8 Å². The lowest BCUT2D eigenvalue weighted by molar-refractivity contribution is -0.145. The SMILES string of the molecule is COC(=O)[C@H](Cc1cccnc1OC)NC(=O)[C@@H](Cc1ccc(F)cc1)NC(C)=O. The van der Waals surface area contributed by atoms with Crippen LogP contribution in [0.3, 0.4) is 0 Å². The molecule has 0 spiro atoms. The predicted octanol–water partition coefficient (Wildman–Crippen LogP) is 1.18. The molecule has 0 bridgehead atoms. The molecule has 2 amide bonds. The van der Waals surface area contributed by atoms with E-state index in [1.54, 1.807) is 18.3 Å². The van der Waals surface area contributed by atoms with Crippen LogP contribution in [0.5, 0.6) is 5.88 Å². The average Bonchev–Trinajstić information content (AvgIpc) is 2.73. The van der Waals surface area contributed by atoms with Gasteiger partial charge in [0.15, 0.2) is 0 Å². The number of pyridine rings is 1. The fourth-order valence-corrected chi connectivity index (χ4v) is 2.90. The van der Waals surface area contributed by atoms with Gasteiger partial charge in [0.2, 0.25) is 17.7 Å². The van der Waals surface area contributed by atoms with Crippen molar-refractivity contribution in [1.29, 1.82) is 0 Å². The Balaban J connectivity index is 2.19. The Morgan fingerprint density at radius 1 is 1.03 bits per heavy atom. The van der Waals surface area contributed by atoms with Crippen molar-refractivity contribution in [2.24, 2.45) is 0 Å². The largest absolute Gasteiger partial charge is 0.481 e. The van der Waals surface area contributed by atoms with E-state index in [0.717, 1.165) is 0 Å². The summed E-state index contributed by atoms with van der Waals surface area (Å²) in [5, 5.41) is 5.18. The zero-order chi connectivity index (χ0) is 22.1. The molecule has 9 heteroatoms. The maximum absolute atomic E-state index is 13.1. The first-order valence-electron chi connectivity index (χ1n) is 9.21. The van der Waals surface area contributed by atoms with Crippen molar-refractivity contribution < 1.29 is 28.2 Å². The molecule has 8 nitrogen and oxygen atoms in total. The fraction of sp³-hybridized carbons (Fsp3) is 0.333. The molecule has 2 rings (SSSR count). The van der Waals surface area contributed by atoms with Crippen LogP contribution in [0.4, 0.5) is 4.39 Å². The van der Waals surface area contributed by atoms with Crippen molar-refractivity contribution >= 4 is 17.8 Å². The molecular weight excluding hydrogens is 393 g/mol. The molecule has 1 aromatic carbocycles.